The van der Waals surface area contributed by atoms with Gasteiger partial charge < -0.3 is 29.4 Å². The Morgan fingerprint density at radius 1 is 1.26 bits per heavy atom. The highest BCUT2D eigenvalue weighted by molar-refractivity contribution is 8.00. The number of rotatable bonds is 12. The summed E-state index contributed by atoms with van der Waals surface area (Å²) in [6.45, 7) is 4.64. The van der Waals surface area contributed by atoms with Crippen LogP contribution in [0.25, 0.3) is 0 Å². The number of nitrogens with zero attached hydrogens (tertiary/aromatic N) is 2. The number of carboxylic acids is 1. The van der Waals surface area contributed by atoms with Crippen molar-refractivity contribution in [1.29, 1.82) is 0 Å². The van der Waals surface area contributed by atoms with Gasteiger partial charge in [0.15, 0.2) is 5.78 Å². The summed E-state index contributed by atoms with van der Waals surface area (Å²) in [5.74, 6) is -5.86. The van der Waals surface area contributed by atoms with Gasteiger partial charge in [-0.15, -0.1) is 11.8 Å². The van der Waals surface area contributed by atoms with E-state index in [-0.39, 0.29) is 44.2 Å². The van der Waals surface area contributed by atoms with Crippen LogP contribution in [0.5, 0.6) is 0 Å². The number of likely N-dealkylation sites (tertiary alicyclic amines) is 1. The second kappa shape index (κ2) is 15.1. The highest BCUT2D eigenvalue weighted by Crippen LogP contribution is 2.38. The van der Waals surface area contributed by atoms with Gasteiger partial charge in [-0.1, -0.05) is 12.7 Å². The minimum atomic E-state index is -1.91. The van der Waals surface area contributed by atoms with Gasteiger partial charge in [0.05, 0.1) is 22.1 Å². The summed E-state index contributed by atoms with van der Waals surface area (Å²) < 4.78 is 20.5. The maximum absolute atomic E-state index is 13.3. The van der Waals surface area contributed by atoms with Gasteiger partial charge in [-0.3, -0.25) is 29.4 Å². The zero-order chi connectivity index (χ0) is 31.7. The molecule has 2 fully saturated rings. The number of nitro benzene ring substituents is 1. The fourth-order valence-corrected chi connectivity index (χ4v) is 5.53. The lowest BCUT2D eigenvalue weighted by atomic mass is 9.77. The molecule has 232 valence electrons. The van der Waals surface area contributed by atoms with Crippen LogP contribution in [0, 0.1) is 16.0 Å². The van der Waals surface area contributed by atoms with E-state index in [0.29, 0.717) is 10.5 Å². The van der Waals surface area contributed by atoms with Crippen molar-refractivity contribution >= 4 is 53.3 Å². The van der Waals surface area contributed by atoms with E-state index in [9.17, 15) is 44.0 Å². The molecule has 1 aromatic carbocycles. The molecule has 0 radical (unpaired) electrons. The second-order valence-corrected chi connectivity index (χ2v) is 10.6. The summed E-state index contributed by atoms with van der Waals surface area (Å²) >= 11 is 1.18. The number of non-ortho nitro benzene ring substituents is 1. The molecule has 5 atom stereocenters. The molecule has 2 aliphatic rings. The number of benzene rings is 1. The average Bonchev–Trinajstić information content (AvgIpc) is 2.96. The van der Waals surface area contributed by atoms with E-state index in [2.05, 4.69) is 11.9 Å². The van der Waals surface area contributed by atoms with Crippen LogP contribution in [0.2, 0.25) is 0 Å². The zero-order valence-electron chi connectivity index (χ0n) is 22.9. The van der Waals surface area contributed by atoms with E-state index in [1.165, 1.54) is 49.0 Å². The van der Waals surface area contributed by atoms with Gasteiger partial charge in [0.2, 0.25) is 5.91 Å². The lowest BCUT2D eigenvalue weighted by Crippen LogP contribution is -2.73. The van der Waals surface area contributed by atoms with E-state index in [4.69, 9.17) is 18.9 Å². The quantitative estimate of drug-likeness (QED) is 0.0640. The van der Waals surface area contributed by atoms with Crippen molar-refractivity contribution in [1.82, 2.24) is 10.2 Å². The topological polar surface area (TPSA) is 218 Å². The van der Waals surface area contributed by atoms with Gasteiger partial charge in [-0.2, -0.15) is 0 Å². The molecular weight excluding hydrogens is 594 g/mol. The first-order chi connectivity index (χ1) is 20.5. The van der Waals surface area contributed by atoms with Crippen LogP contribution in [-0.2, 0) is 44.7 Å². The Bertz CT molecular complexity index is 1270. The Kier molecular flexibility index (Phi) is 11.6. The highest BCUT2D eigenvalue weighted by atomic mass is 32.2. The number of carboxylic acid groups (broad SMARTS) is 1. The third-order valence-corrected chi connectivity index (χ3v) is 7.80. The monoisotopic (exact) mass is 623 g/mol. The van der Waals surface area contributed by atoms with E-state index in [1.807, 2.05) is 0 Å². The third kappa shape index (κ3) is 8.29. The fourth-order valence-electron chi connectivity index (χ4n) is 4.47. The number of ether oxygens (including phenoxy) is 4. The molecule has 16 nitrogen and oxygen atoms in total. The number of imide groups is 1. The van der Waals surface area contributed by atoms with E-state index >= 15 is 0 Å². The molecular formula is C26H29N3O13S. The van der Waals surface area contributed by atoms with E-state index in [1.54, 1.807) is 0 Å². The number of nitro groups is 1. The predicted molar refractivity (Wildman–Crippen MR) is 146 cm³/mol. The van der Waals surface area contributed by atoms with Crippen molar-refractivity contribution in [3.05, 3.63) is 52.6 Å². The maximum atomic E-state index is 13.3. The highest BCUT2D eigenvalue weighted by Gasteiger charge is 2.61. The molecule has 17 heteroatoms. The van der Waals surface area contributed by atoms with Crippen LogP contribution in [0.15, 0.2) is 36.9 Å². The largest absolute Gasteiger partial charge is 0.508 e. The van der Waals surface area contributed by atoms with Crippen molar-refractivity contribution in [2.24, 2.45) is 5.92 Å². The van der Waals surface area contributed by atoms with Crippen molar-refractivity contribution < 1.29 is 57.7 Å². The number of aliphatic carboxylic acids is 1. The first kappa shape index (κ1) is 33.0. The van der Waals surface area contributed by atoms with E-state index in [0.717, 1.165) is 0 Å². The molecule has 1 aromatic rings. The molecule has 0 saturated carbocycles. The molecule has 0 aromatic heterocycles. The lowest BCUT2D eigenvalue weighted by molar-refractivity contribution is -0.384. The van der Waals surface area contributed by atoms with Gasteiger partial charge in [0.1, 0.15) is 25.4 Å². The number of nitrogens with one attached hydrogen (secondary N) is 1. The lowest BCUT2D eigenvalue weighted by Gasteiger charge is -2.50. The molecule has 0 aliphatic carbocycles. The summed E-state index contributed by atoms with van der Waals surface area (Å²) in [6.07, 6.45) is -2.84. The molecule has 2 heterocycles. The summed E-state index contributed by atoms with van der Waals surface area (Å²) in [6, 6.07) is 4.16. The molecule has 5 unspecified atom stereocenters. The summed E-state index contributed by atoms with van der Waals surface area (Å²) in [5.41, 5.74) is 0.452. The van der Waals surface area contributed by atoms with E-state index < -0.39 is 70.2 Å². The smallest absolute Gasteiger partial charge is 0.474 e. The average molecular weight is 624 g/mol. The van der Waals surface area contributed by atoms with Crippen LogP contribution < -0.4 is 5.32 Å². The van der Waals surface area contributed by atoms with Crippen molar-refractivity contribution in [2.45, 2.75) is 43.5 Å². The molecule has 0 bridgehead atoms. The number of carbonyl (C=O) groups is 6. The molecule has 43 heavy (non-hydrogen) atoms. The first-order valence-electron chi connectivity index (χ1n) is 12.9. The maximum Gasteiger partial charge on any atom is 0.508 e. The molecule has 0 spiro atoms. The number of ketones is 1. The minimum Gasteiger partial charge on any atom is -0.474 e. The Labute approximate surface area is 248 Å². The summed E-state index contributed by atoms with van der Waals surface area (Å²) in [7, 11) is 0. The Hall–Kier alpha value is -4.51. The summed E-state index contributed by atoms with van der Waals surface area (Å²) in [5, 5.41) is 21.8. The molecule has 2 saturated heterocycles. The first-order valence-corrected chi connectivity index (χ1v) is 14.0. The van der Waals surface area contributed by atoms with Crippen LogP contribution in [0.1, 0.15) is 18.9 Å². The number of amides is 3. The van der Waals surface area contributed by atoms with Gasteiger partial charge in [0, 0.05) is 31.0 Å². The number of thioether (sulfide) groups is 1. The molecule has 3 rings (SSSR count). The number of β-lactam (4-membered cyclic amide) rings is 1. The van der Waals surface area contributed by atoms with Crippen LogP contribution in [-0.4, -0.2) is 99.8 Å². The number of alkyl carbamates (subject to hydrolysis) is 1. The second-order valence-electron chi connectivity index (χ2n) is 9.28. The summed E-state index contributed by atoms with van der Waals surface area (Å²) in [4.78, 5) is 84.3. The number of Topliss-reactive ketones (excluding diaryl/α,β-unsaturated/α-hetero) is 1. The Morgan fingerprint density at radius 2 is 1.95 bits per heavy atom. The number of hydrogen-bond donors (Lipinski definition) is 2. The third-order valence-electron chi connectivity index (χ3n) is 6.49. The predicted octanol–water partition coefficient (Wildman–Crippen LogP) is 1.45. The minimum absolute atomic E-state index is 0.0574. The van der Waals surface area contributed by atoms with Gasteiger partial charge in [0.25, 0.3) is 5.69 Å². The number of carbonyl (C=O) groups excluding carboxylic acids is 5. The molecule has 2 N–H and O–H groups in total. The Morgan fingerprint density at radius 3 is 2.58 bits per heavy atom. The molecule has 2 aliphatic heterocycles. The Balaban J connectivity index is 1.55. The van der Waals surface area contributed by atoms with Gasteiger partial charge in [-0.25, -0.2) is 14.4 Å². The SMILES string of the molecule is C=CCOC(=O)OC(C)C1C(=O)N(C(=O)C(=O)O)C1C1OCCC(SCCNC(=O)OCc2ccc([N+](=O)[O-])cc2)C1=O. The van der Waals surface area contributed by atoms with Crippen molar-refractivity contribution in [3.8, 4) is 0 Å². The number of hydrogen-bond acceptors (Lipinski definition) is 13. The van der Waals surface area contributed by atoms with Crippen LogP contribution >= 0.6 is 11.8 Å². The van der Waals surface area contributed by atoms with Crippen LogP contribution in [0.4, 0.5) is 15.3 Å². The normalized spacial score (nSPS) is 22.0. The standard InChI is InChI=1S/C26H29N3O13S/c1-3-10-40-26(36)42-14(2)18-19(28(22(18)31)23(32)24(33)34)21-20(30)17(8-11-39-21)43-12-9-27-25(35)41-13-15-4-6-16(7-5-15)29(37)38/h3-7,14,17-19,21H,1,8-13H2,2H3,(H,27,35)(H,33,34). The van der Waals surface area contributed by atoms with Gasteiger partial charge in [-0.05, 0) is 31.0 Å². The van der Waals surface area contributed by atoms with Crippen molar-refractivity contribution in [3.63, 3.8) is 0 Å². The van der Waals surface area contributed by atoms with Gasteiger partial charge >= 0.3 is 24.1 Å². The van der Waals surface area contributed by atoms with Crippen molar-refractivity contribution in [2.75, 3.05) is 25.5 Å². The zero-order valence-corrected chi connectivity index (χ0v) is 23.7. The fraction of sp³-hybridized carbons (Fsp3) is 0.462. The van der Waals surface area contributed by atoms with Crippen LogP contribution in [0.3, 0.4) is 0 Å². The molecule has 3 amide bonds.